The molecule has 4 aromatic rings. The molecule has 1 amide bonds. The van der Waals surface area contributed by atoms with Gasteiger partial charge < -0.3 is 19.5 Å². The van der Waals surface area contributed by atoms with Crippen molar-refractivity contribution in [3.63, 3.8) is 0 Å². The predicted octanol–water partition coefficient (Wildman–Crippen LogP) is 3.93. The first kappa shape index (κ1) is 19.4. The van der Waals surface area contributed by atoms with Crippen molar-refractivity contribution in [2.24, 2.45) is 0 Å². The van der Waals surface area contributed by atoms with E-state index >= 15 is 0 Å². The molecule has 31 heavy (non-hydrogen) atoms. The first-order valence-electron chi connectivity index (χ1n) is 9.59. The van der Waals surface area contributed by atoms with Crippen LogP contribution in [0.1, 0.15) is 10.6 Å². The third-order valence-corrected chi connectivity index (χ3v) is 6.11. The van der Waals surface area contributed by atoms with Crippen LogP contribution in [0.4, 0.5) is 4.39 Å². The number of thiazole rings is 1. The van der Waals surface area contributed by atoms with E-state index in [-0.39, 0.29) is 25.1 Å². The number of amides is 1. The SMILES string of the molecule is Cc1c(CNC(=O)COc2ccc3c(c2)OCO3)sc2nc(-c3ccc(F)cc3)cn12. The Balaban J connectivity index is 1.20. The Hall–Kier alpha value is -3.59. The summed E-state index contributed by atoms with van der Waals surface area (Å²) >= 11 is 1.50. The number of imidazole rings is 1. The first-order valence-corrected chi connectivity index (χ1v) is 10.4. The topological polar surface area (TPSA) is 74.1 Å². The van der Waals surface area contributed by atoms with Crippen molar-refractivity contribution in [1.29, 1.82) is 0 Å². The average molecular weight is 439 g/mol. The lowest BCUT2D eigenvalue weighted by molar-refractivity contribution is -0.123. The van der Waals surface area contributed by atoms with Gasteiger partial charge in [0.05, 0.1) is 12.2 Å². The summed E-state index contributed by atoms with van der Waals surface area (Å²) in [6, 6.07) is 11.4. The van der Waals surface area contributed by atoms with Crippen LogP contribution in [-0.4, -0.2) is 28.7 Å². The van der Waals surface area contributed by atoms with Crippen LogP contribution in [0, 0.1) is 12.7 Å². The molecule has 7 nitrogen and oxygen atoms in total. The smallest absolute Gasteiger partial charge is 0.258 e. The number of carbonyl (C=O) groups is 1. The molecular formula is C22H18FN3O4S. The van der Waals surface area contributed by atoms with E-state index in [4.69, 9.17) is 14.2 Å². The molecule has 1 aliphatic rings. The summed E-state index contributed by atoms with van der Waals surface area (Å²) in [6.07, 6.45) is 1.92. The summed E-state index contributed by atoms with van der Waals surface area (Å²) in [6.45, 7) is 2.45. The van der Waals surface area contributed by atoms with Crippen LogP contribution >= 0.6 is 11.3 Å². The highest BCUT2D eigenvalue weighted by Crippen LogP contribution is 2.35. The van der Waals surface area contributed by atoms with Crippen molar-refractivity contribution < 1.29 is 23.4 Å². The van der Waals surface area contributed by atoms with E-state index < -0.39 is 0 Å². The Bertz CT molecular complexity index is 1270. The number of carbonyl (C=O) groups excluding carboxylic acids is 1. The predicted molar refractivity (Wildman–Crippen MR) is 113 cm³/mol. The summed E-state index contributed by atoms with van der Waals surface area (Å²) in [4.78, 5) is 18.7. The quantitative estimate of drug-likeness (QED) is 0.493. The zero-order valence-corrected chi connectivity index (χ0v) is 17.4. The summed E-state index contributed by atoms with van der Waals surface area (Å²) in [7, 11) is 0. The molecule has 3 heterocycles. The molecule has 158 valence electrons. The molecule has 0 spiro atoms. The van der Waals surface area contributed by atoms with Gasteiger partial charge in [-0.3, -0.25) is 9.20 Å². The molecule has 9 heteroatoms. The molecule has 0 radical (unpaired) electrons. The molecule has 2 aromatic heterocycles. The lowest BCUT2D eigenvalue weighted by Gasteiger charge is -2.08. The molecular weight excluding hydrogens is 421 g/mol. The number of nitrogens with one attached hydrogen (secondary N) is 1. The molecule has 5 rings (SSSR count). The Morgan fingerprint density at radius 3 is 2.84 bits per heavy atom. The molecule has 0 unspecified atom stereocenters. The number of hydrogen-bond donors (Lipinski definition) is 1. The standard InChI is InChI=1S/C22H18FN3O4S/c1-13-20(31-22-25-17(10-26(13)22)14-2-4-15(23)5-3-14)9-24-21(27)11-28-16-6-7-18-19(8-16)30-12-29-18/h2-8,10H,9,11-12H2,1H3,(H,24,27). The van der Waals surface area contributed by atoms with Crippen LogP contribution in [-0.2, 0) is 11.3 Å². The summed E-state index contributed by atoms with van der Waals surface area (Å²) < 4.78 is 31.2. The molecule has 0 atom stereocenters. The minimum absolute atomic E-state index is 0.101. The number of nitrogens with zero attached hydrogens (tertiary/aromatic N) is 2. The van der Waals surface area contributed by atoms with Crippen LogP contribution in [0.25, 0.3) is 16.2 Å². The number of hydrogen-bond acceptors (Lipinski definition) is 6. The van der Waals surface area contributed by atoms with E-state index in [0.29, 0.717) is 23.8 Å². The molecule has 0 saturated heterocycles. The van der Waals surface area contributed by atoms with Gasteiger partial charge in [0.15, 0.2) is 23.1 Å². The van der Waals surface area contributed by atoms with Gasteiger partial charge in [0, 0.05) is 28.4 Å². The Morgan fingerprint density at radius 2 is 2.03 bits per heavy atom. The van der Waals surface area contributed by atoms with Crippen LogP contribution in [0.15, 0.2) is 48.7 Å². The zero-order chi connectivity index (χ0) is 21.4. The third-order valence-electron chi connectivity index (χ3n) is 4.95. The highest BCUT2D eigenvalue weighted by molar-refractivity contribution is 7.17. The largest absolute Gasteiger partial charge is 0.484 e. The minimum Gasteiger partial charge on any atom is -0.484 e. The van der Waals surface area contributed by atoms with Gasteiger partial charge in [-0.1, -0.05) is 11.3 Å². The monoisotopic (exact) mass is 439 g/mol. The van der Waals surface area contributed by atoms with Gasteiger partial charge in [0.2, 0.25) is 6.79 Å². The van der Waals surface area contributed by atoms with Crippen molar-refractivity contribution in [3.8, 4) is 28.5 Å². The maximum atomic E-state index is 13.1. The molecule has 0 bridgehead atoms. The maximum Gasteiger partial charge on any atom is 0.258 e. The molecule has 0 aliphatic carbocycles. The molecule has 1 N–H and O–H groups in total. The third kappa shape index (κ3) is 3.91. The van der Waals surface area contributed by atoms with Crippen molar-refractivity contribution in [1.82, 2.24) is 14.7 Å². The van der Waals surface area contributed by atoms with E-state index in [2.05, 4.69) is 10.3 Å². The van der Waals surface area contributed by atoms with Gasteiger partial charge in [0.25, 0.3) is 5.91 Å². The fourth-order valence-corrected chi connectivity index (χ4v) is 4.31. The van der Waals surface area contributed by atoms with Gasteiger partial charge in [-0.05, 0) is 43.3 Å². The second-order valence-corrected chi connectivity index (χ2v) is 8.04. The molecule has 2 aromatic carbocycles. The summed E-state index contributed by atoms with van der Waals surface area (Å²) in [5, 5.41) is 2.87. The number of aryl methyl sites for hydroxylation is 1. The average Bonchev–Trinajstić information content (AvgIpc) is 3.47. The van der Waals surface area contributed by atoms with E-state index in [9.17, 15) is 9.18 Å². The van der Waals surface area contributed by atoms with Crippen LogP contribution in [0.3, 0.4) is 0 Å². The Labute approximate surface area is 181 Å². The number of benzene rings is 2. The summed E-state index contributed by atoms with van der Waals surface area (Å²) in [5.74, 6) is 1.31. The van der Waals surface area contributed by atoms with Gasteiger partial charge >= 0.3 is 0 Å². The van der Waals surface area contributed by atoms with Crippen molar-refractivity contribution in [2.45, 2.75) is 13.5 Å². The van der Waals surface area contributed by atoms with E-state index in [1.165, 1.54) is 23.5 Å². The fourth-order valence-electron chi connectivity index (χ4n) is 3.26. The van der Waals surface area contributed by atoms with E-state index in [0.717, 1.165) is 26.8 Å². The Kier molecular flexibility index (Phi) is 4.95. The van der Waals surface area contributed by atoms with Gasteiger partial charge in [-0.15, -0.1) is 0 Å². The maximum absolute atomic E-state index is 13.1. The fraction of sp³-hybridized carbons (Fsp3) is 0.182. The number of fused-ring (bicyclic) bond motifs is 2. The zero-order valence-electron chi connectivity index (χ0n) is 16.6. The first-order chi connectivity index (χ1) is 15.1. The molecule has 0 saturated carbocycles. The number of rotatable bonds is 6. The molecule has 0 fully saturated rings. The van der Waals surface area contributed by atoms with Crippen LogP contribution < -0.4 is 19.5 Å². The lowest BCUT2D eigenvalue weighted by atomic mass is 10.2. The van der Waals surface area contributed by atoms with Crippen LogP contribution in [0.2, 0.25) is 0 Å². The van der Waals surface area contributed by atoms with Crippen molar-refractivity contribution in [2.75, 3.05) is 13.4 Å². The number of halogens is 1. The normalized spacial score (nSPS) is 12.3. The van der Waals surface area contributed by atoms with Crippen LogP contribution in [0.5, 0.6) is 17.2 Å². The van der Waals surface area contributed by atoms with E-state index in [1.807, 2.05) is 17.5 Å². The highest BCUT2D eigenvalue weighted by Gasteiger charge is 2.16. The second kappa shape index (κ2) is 7.92. The van der Waals surface area contributed by atoms with Crippen molar-refractivity contribution in [3.05, 3.63) is 65.0 Å². The minimum atomic E-state index is -0.276. The van der Waals surface area contributed by atoms with Gasteiger partial charge in [-0.2, -0.15) is 0 Å². The number of ether oxygens (including phenoxy) is 3. The Morgan fingerprint density at radius 1 is 1.23 bits per heavy atom. The highest BCUT2D eigenvalue weighted by atomic mass is 32.1. The lowest BCUT2D eigenvalue weighted by Crippen LogP contribution is -2.28. The number of aromatic nitrogens is 2. The van der Waals surface area contributed by atoms with Gasteiger partial charge in [0.1, 0.15) is 11.6 Å². The summed E-state index contributed by atoms with van der Waals surface area (Å²) in [5.41, 5.74) is 2.63. The van der Waals surface area contributed by atoms with Gasteiger partial charge in [-0.25, -0.2) is 9.37 Å². The molecule has 1 aliphatic heterocycles. The van der Waals surface area contributed by atoms with Crippen molar-refractivity contribution >= 4 is 22.2 Å². The van der Waals surface area contributed by atoms with E-state index in [1.54, 1.807) is 30.3 Å². The second-order valence-electron chi connectivity index (χ2n) is 6.98.